The van der Waals surface area contributed by atoms with Gasteiger partial charge in [0.2, 0.25) is 5.91 Å². The van der Waals surface area contributed by atoms with E-state index in [0.29, 0.717) is 19.6 Å². The van der Waals surface area contributed by atoms with Crippen molar-refractivity contribution in [3.8, 4) is 0 Å². The normalized spacial score (nSPS) is 11.9. The molecular weight excluding hydrogens is 275 g/mol. The maximum Gasteiger partial charge on any atom is 0.435 e. The highest BCUT2D eigenvalue weighted by Gasteiger charge is 2.33. The zero-order valence-corrected chi connectivity index (χ0v) is 11.4. The molecular formula is C12H18F3N3O2. The van der Waals surface area contributed by atoms with Crippen molar-refractivity contribution in [1.82, 2.24) is 15.1 Å². The molecule has 0 bridgehead atoms. The van der Waals surface area contributed by atoms with Crippen LogP contribution in [0.1, 0.15) is 26.0 Å². The van der Waals surface area contributed by atoms with Crippen molar-refractivity contribution in [3.05, 3.63) is 18.0 Å². The van der Waals surface area contributed by atoms with E-state index in [1.807, 2.05) is 13.8 Å². The molecule has 0 spiro atoms. The second-order valence-electron chi connectivity index (χ2n) is 4.52. The molecule has 1 aromatic rings. The van der Waals surface area contributed by atoms with Crippen molar-refractivity contribution in [2.45, 2.75) is 39.1 Å². The lowest BCUT2D eigenvalue weighted by atomic mass is 10.4. The third-order valence-electron chi connectivity index (χ3n) is 2.33. The number of halogens is 3. The SMILES string of the molecule is CC(C)OCCCNC(=O)Cn1ccc(C(F)(F)F)n1. The van der Waals surface area contributed by atoms with Crippen molar-refractivity contribution in [2.75, 3.05) is 13.2 Å². The van der Waals surface area contributed by atoms with Gasteiger partial charge in [0.25, 0.3) is 0 Å². The van der Waals surface area contributed by atoms with Gasteiger partial charge in [0.1, 0.15) is 6.54 Å². The Morgan fingerprint density at radius 2 is 2.20 bits per heavy atom. The first-order valence-corrected chi connectivity index (χ1v) is 6.28. The van der Waals surface area contributed by atoms with E-state index < -0.39 is 11.9 Å². The summed E-state index contributed by atoms with van der Waals surface area (Å²) < 4.78 is 43.2. The van der Waals surface area contributed by atoms with E-state index >= 15 is 0 Å². The maximum atomic E-state index is 12.3. The number of carbonyl (C=O) groups excluding carboxylic acids is 1. The molecule has 0 saturated heterocycles. The van der Waals surface area contributed by atoms with Gasteiger partial charge in [-0.2, -0.15) is 18.3 Å². The maximum absolute atomic E-state index is 12.3. The van der Waals surface area contributed by atoms with Gasteiger partial charge >= 0.3 is 6.18 Å². The minimum atomic E-state index is -4.49. The van der Waals surface area contributed by atoms with Crippen LogP contribution in [0.5, 0.6) is 0 Å². The van der Waals surface area contributed by atoms with Crippen LogP contribution in [0.3, 0.4) is 0 Å². The Kier molecular flexibility index (Phi) is 6.00. The molecule has 1 N–H and O–H groups in total. The number of nitrogens with zero attached hydrogens (tertiary/aromatic N) is 2. The Morgan fingerprint density at radius 1 is 1.50 bits per heavy atom. The third kappa shape index (κ3) is 6.05. The van der Waals surface area contributed by atoms with E-state index in [2.05, 4.69) is 10.4 Å². The fourth-order valence-corrected chi connectivity index (χ4v) is 1.42. The molecule has 0 unspecified atom stereocenters. The predicted molar refractivity (Wildman–Crippen MR) is 65.9 cm³/mol. The quantitative estimate of drug-likeness (QED) is 0.780. The third-order valence-corrected chi connectivity index (χ3v) is 2.33. The van der Waals surface area contributed by atoms with E-state index in [-0.39, 0.29) is 18.6 Å². The number of ether oxygens (including phenoxy) is 1. The number of rotatable bonds is 7. The molecule has 0 saturated carbocycles. The van der Waals surface area contributed by atoms with E-state index in [9.17, 15) is 18.0 Å². The van der Waals surface area contributed by atoms with Crippen molar-refractivity contribution in [1.29, 1.82) is 0 Å². The van der Waals surface area contributed by atoms with Gasteiger partial charge in [0, 0.05) is 19.3 Å². The smallest absolute Gasteiger partial charge is 0.379 e. The summed E-state index contributed by atoms with van der Waals surface area (Å²) in [5.41, 5.74) is -1.00. The lowest BCUT2D eigenvalue weighted by Gasteiger charge is -2.08. The molecule has 5 nitrogen and oxygen atoms in total. The van der Waals surface area contributed by atoms with Crippen molar-refractivity contribution in [2.24, 2.45) is 0 Å². The molecule has 1 heterocycles. The molecule has 8 heteroatoms. The minimum absolute atomic E-state index is 0.135. The average Bonchev–Trinajstić information content (AvgIpc) is 2.76. The van der Waals surface area contributed by atoms with Gasteiger partial charge in [-0.1, -0.05) is 0 Å². The molecule has 0 atom stereocenters. The van der Waals surface area contributed by atoms with Crippen LogP contribution < -0.4 is 5.32 Å². The summed E-state index contributed by atoms with van der Waals surface area (Å²) in [5, 5.41) is 5.89. The highest BCUT2D eigenvalue weighted by molar-refractivity contribution is 5.75. The summed E-state index contributed by atoms with van der Waals surface area (Å²) in [5.74, 6) is -0.383. The average molecular weight is 293 g/mol. The van der Waals surface area contributed by atoms with E-state index in [1.54, 1.807) is 0 Å². The Morgan fingerprint density at radius 3 is 2.75 bits per heavy atom. The van der Waals surface area contributed by atoms with Crippen LogP contribution >= 0.6 is 0 Å². The lowest BCUT2D eigenvalue weighted by molar-refractivity contribution is -0.141. The van der Waals surface area contributed by atoms with E-state index in [0.717, 1.165) is 16.9 Å². The van der Waals surface area contributed by atoms with Crippen LogP contribution in [0.15, 0.2) is 12.3 Å². The molecule has 20 heavy (non-hydrogen) atoms. The molecule has 0 aliphatic carbocycles. The molecule has 0 fully saturated rings. The molecule has 0 aliphatic rings. The van der Waals surface area contributed by atoms with Gasteiger partial charge < -0.3 is 10.1 Å². The summed E-state index contributed by atoms with van der Waals surface area (Å²) in [4.78, 5) is 11.5. The van der Waals surface area contributed by atoms with Crippen LogP contribution in [0.4, 0.5) is 13.2 Å². The first-order chi connectivity index (χ1) is 9.29. The van der Waals surface area contributed by atoms with Gasteiger partial charge in [-0.3, -0.25) is 9.48 Å². The number of nitrogens with one attached hydrogen (secondary N) is 1. The van der Waals surface area contributed by atoms with Gasteiger partial charge in [-0.05, 0) is 26.3 Å². The fraction of sp³-hybridized carbons (Fsp3) is 0.667. The number of aromatic nitrogens is 2. The standard InChI is InChI=1S/C12H18F3N3O2/c1-9(2)20-7-3-5-16-11(19)8-18-6-4-10(17-18)12(13,14)15/h4,6,9H,3,5,7-8H2,1-2H3,(H,16,19). The summed E-state index contributed by atoms with van der Waals surface area (Å²) in [7, 11) is 0. The second-order valence-corrected chi connectivity index (χ2v) is 4.52. The van der Waals surface area contributed by atoms with Crippen LogP contribution in [0.2, 0.25) is 0 Å². The Balaban J connectivity index is 2.27. The van der Waals surface area contributed by atoms with Crippen LogP contribution in [-0.4, -0.2) is 34.9 Å². The van der Waals surface area contributed by atoms with Gasteiger partial charge in [-0.25, -0.2) is 0 Å². The highest BCUT2D eigenvalue weighted by Crippen LogP contribution is 2.27. The van der Waals surface area contributed by atoms with Gasteiger partial charge in [-0.15, -0.1) is 0 Å². The molecule has 1 amide bonds. The molecule has 0 aliphatic heterocycles. The van der Waals surface area contributed by atoms with Gasteiger partial charge in [0.05, 0.1) is 6.10 Å². The minimum Gasteiger partial charge on any atom is -0.379 e. The number of hydrogen-bond donors (Lipinski definition) is 1. The Hall–Kier alpha value is -1.57. The van der Waals surface area contributed by atoms with Gasteiger partial charge in [0.15, 0.2) is 5.69 Å². The monoisotopic (exact) mass is 293 g/mol. The molecule has 0 aromatic carbocycles. The predicted octanol–water partition coefficient (Wildman–Crippen LogP) is 1.83. The van der Waals surface area contributed by atoms with Crippen LogP contribution in [-0.2, 0) is 22.3 Å². The summed E-state index contributed by atoms with van der Waals surface area (Å²) in [6, 6.07) is 0.837. The summed E-state index contributed by atoms with van der Waals surface area (Å²) in [6.07, 6.45) is -2.58. The van der Waals surface area contributed by atoms with E-state index in [1.165, 1.54) is 0 Å². The molecule has 114 valence electrons. The zero-order chi connectivity index (χ0) is 15.2. The van der Waals surface area contributed by atoms with Crippen molar-refractivity contribution >= 4 is 5.91 Å². The largest absolute Gasteiger partial charge is 0.435 e. The first kappa shape index (κ1) is 16.5. The number of amides is 1. The molecule has 1 aromatic heterocycles. The topological polar surface area (TPSA) is 56.1 Å². The zero-order valence-electron chi connectivity index (χ0n) is 11.4. The molecule has 0 radical (unpaired) electrons. The van der Waals surface area contributed by atoms with E-state index in [4.69, 9.17) is 4.74 Å². The van der Waals surface area contributed by atoms with Crippen LogP contribution in [0.25, 0.3) is 0 Å². The summed E-state index contributed by atoms with van der Waals surface area (Å²) >= 11 is 0. The second kappa shape index (κ2) is 7.28. The lowest BCUT2D eigenvalue weighted by Crippen LogP contribution is -2.29. The molecule has 1 rings (SSSR count). The number of alkyl halides is 3. The number of hydrogen-bond acceptors (Lipinski definition) is 3. The Bertz CT molecular complexity index is 430. The van der Waals surface area contributed by atoms with Crippen LogP contribution in [0, 0.1) is 0 Å². The first-order valence-electron chi connectivity index (χ1n) is 6.28. The fourth-order valence-electron chi connectivity index (χ4n) is 1.42. The Labute approximate surface area is 115 Å². The summed E-state index contributed by atoms with van der Waals surface area (Å²) in [6.45, 7) is 4.53. The van der Waals surface area contributed by atoms with Crippen molar-refractivity contribution in [3.63, 3.8) is 0 Å². The van der Waals surface area contributed by atoms with Crippen molar-refractivity contribution < 1.29 is 22.7 Å². The number of carbonyl (C=O) groups is 1. The highest BCUT2D eigenvalue weighted by atomic mass is 19.4.